The Labute approximate surface area is 165 Å². The molecular weight excluding hydrogens is 388 g/mol. The number of nitrogens with one attached hydrogen (secondary N) is 2. The number of nitrogens with zero attached hydrogens (tertiary/aromatic N) is 1. The Hall–Kier alpha value is -1.74. The minimum Gasteiger partial charge on any atom is -0.385 e. The fraction of sp³-hybridized carbons (Fsp3) is 0.632. The van der Waals surface area contributed by atoms with Gasteiger partial charge in [0, 0.05) is 32.4 Å². The van der Waals surface area contributed by atoms with Crippen molar-refractivity contribution < 1.29 is 22.0 Å². The predicted molar refractivity (Wildman–Crippen MR) is 106 cm³/mol. The quantitative estimate of drug-likeness (QED) is 0.715. The van der Waals surface area contributed by atoms with Crippen molar-refractivity contribution in [3.8, 4) is 0 Å². The van der Waals surface area contributed by atoms with Crippen LogP contribution < -0.4 is 10.0 Å². The van der Waals surface area contributed by atoms with Crippen LogP contribution in [0.5, 0.6) is 0 Å². The molecule has 2 rings (SSSR count). The van der Waals surface area contributed by atoms with Crippen molar-refractivity contribution in [3.05, 3.63) is 29.3 Å². The van der Waals surface area contributed by atoms with Crippen molar-refractivity contribution in [3.63, 3.8) is 0 Å². The second-order valence-electron chi connectivity index (χ2n) is 7.82. The first-order valence-corrected chi connectivity index (χ1v) is 11.0. The number of sulfonamides is 1. The van der Waals surface area contributed by atoms with Gasteiger partial charge < -0.3 is 10.2 Å². The average molecular weight is 418 g/mol. The summed E-state index contributed by atoms with van der Waals surface area (Å²) in [5, 5.41) is 2.57. The molecule has 2 N–H and O–H groups in total. The summed E-state index contributed by atoms with van der Waals surface area (Å²) in [6.07, 6.45) is 3.11. The molecule has 9 heteroatoms. The van der Waals surface area contributed by atoms with Gasteiger partial charge in [0.25, 0.3) is 5.91 Å². The number of rotatable bonds is 7. The van der Waals surface area contributed by atoms with Gasteiger partial charge in [-0.3, -0.25) is 4.79 Å². The van der Waals surface area contributed by atoms with Gasteiger partial charge in [0.15, 0.2) is 0 Å². The molecule has 0 bridgehead atoms. The molecule has 6 nitrogen and oxygen atoms in total. The van der Waals surface area contributed by atoms with Crippen LogP contribution in [0, 0.1) is 17.6 Å². The number of amides is 1. The molecule has 0 unspecified atom stereocenters. The van der Waals surface area contributed by atoms with Crippen molar-refractivity contribution in [1.29, 1.82) is 0 Å². The lowest BCUT2D eigenvalue weighted by atomic mass is 9.86. The van der Waals surface area contributed by atoms with Crippen LogP contribution in [0.25, 0.3) is 0 Å². The molecule has 1 aromatic rings. The van der Waals surface area contributed by atoms with Crippen molar-refractivity contribution >= 4 is 21.6 Å². The highest BCUT2D eigenvalue weighted by molar-refractivity contribution is 7.90. The smallest absolute Gasteiger partial charge is 0.259 e. The molecule has 158 valence electrons. The van der Waals surface area contributed by atoms with Gasteiger partial charge in [0.2, 0.25) is 10.0 Å². The van der Waals surface area contributed by atoms with E-state index in [-0.39, 0.29) is 17.6 Å². The zero-order valence-electron chi connectivity index (χ0n) is 16.8. The topological polar surface area (TPSA) is 78.5 Å². The fourth-order valence-electron chi connectivity index (χ4n) is 3.22. The SMILES string of the molecule is CC(C)S(=O)(=O)NC1CCC(CNc2cc(F)c(C(=O)N(C)C)c(F)c2)CC1. The Kier molecular flexibility index (Phi) is 7.39. The minimum atomic E-state index is -3.28. The van der Waals surface area contributed by atoms with Crippen LogP contribution in [-0.2, 0) is 10.0 Å². The molecule has 0 saturated heterocycles. The summed E-state index contributed by atoms with van der Waals surface area (Å²) < 4.78 is 55.0. The number of hydrogen-bond donors (Lipinski definition) is 2. The minimum absolute atomic E-state index is 0.0603. The van der Waals surface area contributed by atoms with Gasteiger partial charge in [0.1, 0.15) is 17.2 Å². The lowest BCUT2D eigenvalue weighted by Gasteiger charge is -2.29. The Morgan fingerprint density at radius 2 is 1.68 bits per heavy atom. The van der Waals surface area contributed by atoms with Crippen molar-refractivity contribution in [2.45, 2.75) is 50.8 Å². The molecule has 1 aliphatic rings. The summed E-state index contributed by atoms with van der Waals surface area (Å²) >= 11 is 0. The third-order valence-corrected chi connectivity index (χ3v) is 6.96. The molecule has 28 heavy (non-hydrogen) atoms. The van der Waals surface area contributed by atoms with Crippen molar-refractivity contribution in [1.82, 2.24) is 9.62 Å². The number of halogens is 2. The zero-order chi connectivity index (χ0) is 21.1. The highest BCUT2D eigenvalue weighted by Gasteiger charge is 2.26. The predicted octanol–water partition coefficient (Wildman–Crippen LogP) is 2.97. The van der Waals surface area contributed by atoms with Crippen LogP contribution in [0.3, 0.4) is 0 Å². The Balaban J connectivity index is 1.90. The normalized spacial score (nSPS) is 20.2. The first-order valence-electron chi connectivity index (χ1n) is 9.47. The third kappa shape index (κ3) is 5.64. The maximum atomic E-state index is 14.2. The molecule has 1 fully saturated rings. The van der Waals surface area contributed by atoms with Crippen LogP contribution in [-0.4, -0.2) is 51.2 Å². The van der Waals surface area contributed by atoms with Gasteiger partial charge in [-0.25, -0.2) is 21.9 Å². The first kappa shape index (κ1) is 22.5. The summed E-state index contributed by atoms with van der Waals surface area (Å²) in [4.78, 5) is 13.0. The lowest BCUT2D eigenvalue weighted by Crippen LogP contribution is -2.41. The summed E-state index contributed by atoms with van der Waals surface area (Å²) in [7, 11) is -0.406. The van der Waals surface area contributed by atoms with Crippen LogP contribution in [0.15, 0.2) is 12.1 Å². The molecule has 0 spiro atoms. The van der Waals surface area contributed by atoms with Gasteiger partial charge in [-0.2, -0.15) is 0 Å². The molecule has 1 saturated carbocycles. The average Bonchev–Trinajstić information content (AvgIpc) is 2.60. The van der Waals surface area contributed by atoms with Gasteiger partial charge in [-0.1, -0.05) is 0 Å². The van der Waals surface area contributed by atoms with Crippen LogP contribution in [0.4, 0.5) is 14.5 Å². The Morgan fingerprint density at radius 3 is 2.14 bits per heavy atom. The van der Waals surface area contributed by atoms with E-state index in [9.17, 15) is 22.0 Å². The number of hydrogen-bond acceptors (Lipinski definition) is 4. The number of carbonyl (C=O) groups is 1. The van der Waals surface area contributed by atoms with Gasteiger partial charge in [-0.15, -0.1) is 0 Å². The van der Waals surface area contributed by atoms with Crippen molar-refractivity contribution in [2.75, 3.05) is 26.0 Å². The highest BCUT2D eigenvalue weighted by Crippen LogP contribution is 2.26. The molecule has 1 amide bonds. The van der Waals surface area contributed by atoms with E-state index in [0.29, 0.717) is 6.54 Å². The number of carbonyl (C=O) groups excluding carboxylic acids is 1. The highest BCUT2D eigenvalue weighted by atomic mass is 32.2. The maximum Gasteiger partial charge on any atom is 0.259 e. The standard InChI is InChI=1S/C19H29F2N3O3S/c1-12(2)28(26,27)23-14-7-5-13(6-8-14)11-22-15-9-16(20)18(17(21)10-15)19(25)24(3)4/h9-10,12-14,22-23H,5-8,11H2,1-4H3. The Bertz CT molecular complexity index is 782. The molecule has 1 aromatic carbocycles. The molecule has 0 aliphatic heterocycles. The first-order chi connectivity index (χ1) is 13.0. The Morgan fingerprint density at radius 1 is 1.14 bits per heavy atom. The van der Waals surface area contributed by atoms with E-state index >= 15 is 0 Å². The fourth-order valence-corrected chi connectivity index (χ4v) is 4.19. The summed E-state index contributed by atoms with van der Waals surface area (Å²) in [6, 6.07) is 2.19. The summed E-state index contributed by atoms with van der Waals surface area (Å²) in [5.41, 5.74) is -0.276. The van der Waals surface area contributed by atoms with Gasteiger partial charge in [-0.05, 0) is 57.6 Å². The van der Waals surface area contributed by atoms with Crippen molar-refractivity contribution in [2.24, 2.45) is 5.92 Å². The number of benzene rings is 1. The van der Waals surface area contributed by atoms with Gasteiger partial charge in [0.05, 0.1) is 5.25 Å². The van der Waals surface area contributed by atoms with E-state index in [4.69, 9.17) is 0 Å². The van der Waals surface area contributed by atoms with Gasteiger partial charge >= 0.3 is 0 Å². The zero-order valence-corrected chi connectivity index (χ0v) is 17.6. The molecule has 1 aliphatic carbocycles. The lowest BCUT2D eigenvalue weighted by molar-refractivity contribution is 0.0818. The van der Waals surface area contributed by atoms with E-state index < -0.39 is 38.4 Å². The maximum absolute atomic E-state index is 14.2. The number of anilines is 1. The summed E-state index contributed by atoms with van der Waals surface area (Å²) in [5.74, 6) is -2.22. The third-order valence-electron chi connectivity index (χ3n) is 5.06. The van der Waals surface area contributed by atoms with E-state index in [1.165, 1.54) is 14.1 Å². The molecular formula is C19H29F2N3O3S. The van der Waals surface area contributed by atoms with Crippen LogP contribution in [0.1, 0.15) is 49.9 Å². The van der Waals surface area contributed by atoms with E-state index in [1.807, 2.05) is 0 Å². The van der Waals surface area contributed by atoms with E-state index in [1.54, 1.807) is 13.8 Å². The van der Waals surface area contributed by atoms with Crippen LogP contribution in [0.2, 0.25) is 0 Å². The van der Waals surface area contributed by atoms with Crippen LogP contribution >= 0.6 is 0 Å². The largest absolute Gasteiger partial charge is 0.385 e. The molecule has 0 heterocycles. The van der Waals surface area contributed by atoms with E-state index in [0.717, 1.165) is 42.7 Å². The monoisotopic (exact) mass is 417 g/mol. The van der Waals surface area contributed by atoms with E-state index in [2.05, 4.69) is 10.0 Å². The molecule has 0 radical (unpaired) electrons. The summed E-state index contributed by atoms with van der Waals surface area (Å²) in [6.45, 7) is 3.82. The molecule has 0 aromatic heterocycles. The second-order valence-corrected chi connectivity index (χ2v) is 10.1. The second kappa shape index (κ2) is 9.17. The molecule has 0 atom stereocenters.